The second-order valence-electron chi connectivity index (χ2n) is 8.38. The standard InChI is InChI=1S/C23H33ClN3O10P/c1-15(12-33-4)22(30)34-13-16(2)26-38(32,37-18-8-6-5-7-9-18)35-14-19(21(24)29)36-17(3)27-11-10-20(28)25-23(27)31/h5-11,15-17,19,21,29H,12-14H2,1-4H3,(H,26,32)(H,25,28,31)/t15?,16-,17+,19+,21+,38?/m0/s1. The van der Waals surface area contributed by atoms with E-state index in [0.717, 1.165) is 10.6 Å². The number of benzene rings is 1. The highest BCUT2D eigenvalue weighted by Gasteiger charge is 2.33. The maximum Gasteiger partial charge on any atom is 0.459 e. The maximum atomic E-state index is 13.7. The lowest BCUT2D eigenvalue weighted by atomic mass is 10.2. The van der Waals surface area contributed by atoms with Gasteiger partial charge in [-0.1, -0.05) is 29.8 Å². The minimum atomic E-state index is -4.15. The highest BCUT2D eigenvalue weighted by molar-refractivity contribution is 7.52. The number of nitrogens with zero attached hydrogens (tertiary/aromatic N) is 1. The van der Waals surface area contributed by atoms with Crippen LogP contribution in [0.5, 0.6) is 5.75 Å². The highest BCUT2D eigenvalue weighted by atomic mass is 35.5. The molecule has 0 saturated heterocycles. The zero-order valence-corrected chi connectivity index (χ0v) is 23.1. The summed E-state index contributed by atoms with van der Waals surface area (Å²) in [4.78, 5) is 37.5. The molecule has 0 bridgehead atoms. The normalized spacial score (nSPS) is 17.0. The summed E-state index contributed by atoms with van der Waals surface area (Å²) in [5.74, 6) is -0.764. The van der Waals surface area contributed by atoms with E-state index in [2.05, 4.69) is 10.1 Å². The minimum absolute atomic E-state index is 0.150. The Morgan fingerprint density at radius 1 is 1.13 bits per heavy atom. The van der Waals surface area contributed by atoms with E-state index in [0.29, 0.717) is 0 Å². The number of esters is 1. The number of halogens is 1. The molecule has 0 aliphatic rings. The van der Waals surface area contributed by atoms with Gasteiger partial charge in [0.2, 0.25) is 0 Å². The summed E-state index contributed by atoms with van der Waals surface area (Å²) >= 11 is 5.86. The molecular weight excluding hydrogens is 545 g/mol. The van der Waals surface area contributed by atoms with Crippen LogP contribution in [0.3, 0.4) is 0 Å². The molecule has 2 aromatic rings. The molecule has 13 nitrogen and oxygen atoms in total. The molecule has 3 N–H and O–H groups in total. The summed E-state index contributed by atoms with van der Waals surface area (Å²) in [5, 5.41) is 12.7. The number of H-pyrrole nitrogens is 1. The van der Waals surface area contributed by atoms with Crippen molar-refractivity contribution in [2.24, 2.45) is 5.92 Å². The third-order valence-electron chi connectivity index (χ3n) is 4.97. The van der Waals surface area contributed by atoms with E-state index in [-0.39, 0.29) is 19.0 Å². The number of aliphatic hydroxyl groups excluding tert-OH is 1. The Labute approximate surface area is 224 Å². The Morgan fingerprint density at radius 3 is 2.42 bits per heavy atom. The third-order valence-corrected chi connectivity index (χ3v) is 6.95. The van der Waals surface area contributed by atoms with Crippen molar-refractivity contribution in [2.45, 2.75) is 44.7 Å². The Hall–Kier alpha value is -2.51. The van der Waals surface area contributed by atoms with E-state index in [1.54, 1.807) is 44.2 Å². The Balaban J connectivity index is 2.12. The number of aromatic amines is 1. The van der Waals surface area contributed by atoms with E-state index in [1.165, 1.54) is 20.2 Å². The molecule has 2 unspecified atom stereocenters. The molecule has 212 valence electrons. The number of methoxy groups -OCH3 is 1. The van der Waals surface area contributed by atoms with Crippen LogP contribution in [0.2, 0.25) is 0 Å². The van der Waals surface area contributed by atoms with Crippen molar-refractivity contribution in [1.29, 1.82) is 0 Å². The molecule has 15 heteroatoms. The van der Waals surface area contributed by atoms with Crippen molar-refractivity contribution in [3.8, 4) is 5.75 Å². The molecule has 1 heterocycles. The fraction of sp³-hybridized carbons (Fsp3) is 0.522. The van der Waals surface area contributed by atoms with Gasteiger partial charge in [0.15, 0.2) is 5.56 Å². The van der Waals surface area contributed by atoms with Crippen LogP contribution in [0.15, 0.2) is 52.2 Å². The van der Waals surface area contributed by atoms with Crippen molar-refractivity contribution in [1.82, 2.24) is 14.6 Å². The quantitative estimate of drug-likeness (QED) is 0.152. The van der Waals surface area contributed by atoms with Crippen LogP contribution in [-0.4, -0.2) is 65.3 Å². The van der Waals surface area contributed by atoms with Crippen molar-refractivity contribution in [3.05, 3.63) is 63.4 Å². The smallest absolute Gasteiger partial charge is 0.459 e. The van der Waals surface area contributed by atoms with Crippen molar-refractivity contribution in [3.63, 3.8) is 0 Å². The van der Waals surface area contributed by atoms with Crippen LogP contribution in [-0.2, 0) is 28.1 Å². The topological polar surface area (TPSA) is 167 Å². The predicted molar refractivity (Wildman–Crippen MR) is 138 cm³/mol. The number of para-hydroxylation sites is 1. The van der Waals surface area contributed by atoms with Crippen molar-refractivity contribution < 1.29 is 37.7 Å². The Morgan fingerprint density at radius 2 is 1.82 bits per heavy atom. The van der Waals surface area contributed by atoms with Gasteiger partial charge in [-0.3, -0.25) is 23.7 Å². The molecule has 0 fully saturated rings. The number of aliphatic hydroxyl groups is 1. The van der Waals surface area contributed by atoms with Gasteiger partial charge in [-0.05, 0) is 32.9 Å². The molecule has 0 saturated carbocycles. The van der Waals surface area contributed by atoms with Gasteiger partial charge in [0.05, 0.1) is 19.1 Å². The van der Waals surface area contributed by atoms with Gasteiger partial charge < -0.3 is 23.8 Å². The molecule has 1 aromatic carbocycles. The fourth-order valence-corrected chi connectivity index (χ4v) is 4.74. The van der Waals surface area contributed by atoms with Crippen LogP contribution in [0, 0.1) is 5.92 Å². The molecule has 6 atom stereocenters. The minimum Gasteiger partial charge on any atom is -0.464 e. The molecule has 0 aliphatic carbocycles. The van der Waals surface area contributed by atoms with Gasteiger partial charge >= 0.3 is 19.4 Å². The fourth-order valence-electron chi connectivity index (χ4n) is 3.07. The number of aromatic nitrogens is 2. The predicted octanol–water partition coefficient (Wildman–Crippen LogP) is 2.00. The van der Waals surface area contributed by atoms with Crippen LogP contribution in [0.1, 0.15) is 27.0 Å². The third kappa shape index (κ3) is 10.3. The van der Waals surface area contributed by atoms with E-state index >= 15 is 0 Å². The summed E-state index contributed by atoms with van der Waals surface area (Å²) in [6.07, 6.45) is -1.05. The van der Waals surface area contributed by atoms with Crippen LogP contribution in [0.25, 0.3) is 0 Å². The first-order chi connectivity index (χ1) is 17.9. The number of carbonyl (C=O) groups is 1. The first-order valence-electron chi connectivity index (χ1n) is 11.7. The van der Waals surface area contributed by atoms with Crippen LogP contribution < -0.4 is 20.9 Å². The van der Waals surface area contributed by atoms with Gasteiger partial charge in [-0.2, -0.15) is 0 Å². The van der Waals surface area contributed by atoms with Crippen molar-refractivity contribution in [2.75, 3.05) is 26.9 Å². The number of nitrogens with one attached hydrogen (secondary N) is 2. The second kappa shape index (κ2) is 15.2. The zero-order valence-electron chi connectivity index (χ0n) is 21.4. The summed E-state index contributed by atoms with van der Waals surface area (Å²) in [7, 11) is -2.68. The number of hydrogen-bond acceptors (Lipinski definition) is 10. The highest BCUT2D eigenvalue weighted by Crippen LogP contribution is 2.45. The summed E-state index contributed by atoms with van der Waals surface area (Å²) in [5.41, 5.74) is -2.95. The SMILES string of the molecule is COCC(C)C(=O)OC[C@H](C)NP(=O)(OC[C@@H](O[C@H](C)n1ccc(=O)[nH]c1=O)[C@@H](O)Cl)Oc1ccccc1. The second-order valence-corrected chi connectivity index (χ2v) is 10.5. The van der Waals surface area contributed by atoms with E-state index in [4.69, 9.17) is 34.9 Å². The molecule has 1 aromatic heterocycles. The van der Waals surface area contributed by atoms with Crippen LogP contribution in [0.4, 0.5) is 0 Å². The van der Waals surface area contributed by atoms with Gasteiger partial charge in [-0.15, -0.1) is 0 Å². The van der Waals surface area contributed by atoms with Crippen LogP contribution >= 0.6 is 19.3 Å². The first kappa shape index (κ1) is 31.7. The maximum absolute atomic E-state index is 13.7. The summed E-state index contributed by atoms with van der Waals surface area (Å²) in [6.45, 7) is 4.24. The lowest BCUT2D eigenvalue weighted by molar-refractivity contribution is -0.150. The van der Waals surface area contributed by atoms with Gasteiger partial charge in [0.1, 0.15) is 24.7 Å². The average Bonchev–Trinajstić information content (AvgIpc) is 2.85. The Bertz CT molecular complexity index is 1180. The molecule has 2 rings (SSSR count). The molecule has 0 aliphatic heterocycles. The van der Waals surface area contributed by atoms with E-state index in [1.807, 2.05) is 0 Å². The zero-order chi connectivity index (χ0) is 28.3. The van der Waals surface area contributed by atoms with E-state index in [9.17, 15) is 24.1 Å². The van der Waals surface area contributed by atoms with Gasteiger partial charge in [-0.25, -0.2) is 14.4 Å². The number of rotatable bonds is 16. The first-order valence-corrected chi connectivity index (χ1v) is 13.6. The van der Waals surface area contributed by atoms with Crippen molar-refractivity contribution >= 4 is 25.3 Å². The molecule has 38 heavy (non-hydrogen) atoms. The molecule has 0 radical (unpaired) electrons. The largest absolute Gasteiger partial charge is 0.464 e. The number of alkyl halides is 1. The molecule has 0 spiro atoms. The number of ether oxygens (including phenoxy) is 3. The average molecular weight is 578 g/mol. The number of hydrogen-bond donors (Lipinski definition) is 3. The lowest BCUT2D eigenvalue weighted by Crippen LogP contribution is -2.38. The van der Waals surface area contributed by atoms with E-state index < -0.39 is 61.4 Å². The molecule has 0 amide bonds. The number of carbonyl (C=O) groups excluding carboxylic acids is 1. The molecular formula is C23H33ClN3O10P. The van der Waals surface area contributed by atoms with Gasteiger partial charge in [0, 0.05) is 25.4 Å². The van der Waals surface area contributed by atoms with Gasteiger partial charge in [0.25, 0.3) is 5.56 Å². The Kier molecular flexibility index (Phi) is 12.7. The summed E-state index contributed by atoms with van der Waals surface area (Å²) in [6, 6.07) is 8.64. The lowest BCUT2D eigenvalue weighted by Gasteiger charge is -2.28. The monoisotopic (exact) mass is 577 g/mol. The summed E-state index contributed by atoms with van der Waals surface area (Å²) < 4.78 is 41.7.